The number of nitrogens with one attached hydrogen (secondary N) is 1. The van der Waals surface area contributed by atoms with Crippen LogP contribution in [0.5, 0.6) is 5.75 Å². The van der Waals surface area contributed by atoms with E-state index in [1.165, 1.54) is 12.1 Å². The van der Waals surface area contributed by atoms with Crippen molar-refractivity contribution in [1.82, 2.24) is 0 Å². The molecule has 4 N–H and O–H groups in total. The maximum atomic E-state index is 13.6. The average molecular weight is 359 g/mol. The Labute approximate surface area is 136 Å². The van der Waals surface area contributed by atoms with Crippen molar-refractivity contribution in [3.63, 3.8) is 0 Å². The van der Waals surface area contributed by atoms with Crippen LogP contribution in [0.25, 0.3) is 0 Å². The van der Waals surface area contributed by atoms with E-state index in [0.29, 0.717) is 0 Å². The lowest BCUT2D eigenvalue weighted by Gasteiger charge is -2.10. The number of amides is 1. The highest BCUT2D eigenvalue weighted by atomic mass is 35.5. The molecule has 0 aromatic heterocycles. The van der Waals surface area contributed by atoms with Crippen molar-refractivity contribution >= 4 is 33.2 Å². The minimum absolute atomic E-state index is 0.00578. The summed E-state index contributed by atoms with van der Waals surface area (Å²) in [6.07, 6.45) is -0.384. The molecule has 0 spiro atoms. The Morgan fingerprint density at radius 3 is 2.61 bits per heavy atom. The predicted octanol–water partition coefficient (Wildman–Crippen LogP) is 2.01. The number of aromatic hydroxyl groups is 1. The molecular formula is C14H12ClFN2O4S. The number of rotatable bonds is 4. The zero-order valence-corrected chi connectivity index (χ0v) is 13.2. The number of halogens is 2. The zero-order chi connectivity index (χ0) is 17.2. The normalized spacial score (nSPS) is 11.3. The van der Waals surface area contributed by atoms with E-state index in [-0.39, 0.29) is 33.3 Å². The average Bonchev–Trinajstić information content (AvgIpc) is 2.44. The van der Waals surface area contributed by atoms with Gasteiger partial charge < -0.3 is 10.4 Å². The highest BCUT2D eigenvalue weighted by Crippen LogP contribution is 2.26. The number of hydrogen-bond acceptors (Lipinski definition) is 4. The fraction of sp³-hybridized carbons (Fsp3) is 0.0714. The number of anilines is 1. The Morgan fingerprint density at radius 2 is 2.00 bits per heavy atom. The molecule has 0 atom stereocenters. The first-order chi connectivity index (χ1) is 10.7. The third kappa shape index (κ3) is 4.19. The summed E-state index contributed by atoms with van der Waals surface area (Å²) in [6, 6.07) is 7.17. The van der Waals surface area contributed by atoms with Crippen LogP contribution in [0.2, 0.25) is 5.02 Å². The number of hydrogen-bond donors (Lipinski definition) is 3. The minimum atomic E-state index is -3.99. The Bertz CT molecular complexity index is 851. The van der Waals surface area contributed by atoms with E-state index in [1.807, 2.05) is 0 Å². The molecule has 0 bridgehead atoms. The number of benzene rings is 2. The Balaban J connectivity index is 2.24. The Morgan fingerprint density at radius 1 is 1.30 bits per heavy atom. The second-order valence-electron chi connectivity index (χ2n) is 4.65. The monoisotopic (exact) mass is 358 g/mol. The van der Waals surface area contributed by atoms with Gasteiger partial charge in [0, 0.05) is 10.6 Å². The lowest BCUT2D eigenvalue weighted by molar-refractivity contribution is -0.115. The maximum absolute atomic E-state index is 13.6. The molecule has 2 aromatic carbocycles. The van der Waals surface area contributed by atoms with Gasteiger partial charge >= 0.3 is 0 Å². The molecule has 0 heterocycles. The van der Waals surface area contributed by atoms with E-state index in [9.17, 15) is 22.7 Å². The number of nitrogens with two attached hydrogens (primary N) is 1. The highest BCUT2D eigenvalue weighted by Gasteiger charge is 2.15. The minimum Gasteiger partial charge on any atom is -0.506 e. The number of carbonyl (C=O) groups excluding carboxylic acids is 1. The maximum Gasteiger partial charge on any atom is 0.238 e. The fourth-order valence-electron chi connectivity index (χ4n) is 1.85. The molecule has 0 radical (unpaired) electrons. The first-order valence-corrected chi connectivity index (χ1v) is 8.19. The van der Waals surface area contributed by atoms with Crippen molar-refractivity contribution in [2.24, 2.45) is 5.14 Å². The van der Waals surface area contributed by atoms with E-state index >= 15 is 0 Å². The van der Waals surface area contributed by atoms with Crippen LogP contribution in [-0.4, -0.2) is 19.4 Å². The molecule has 0 fully saturated rings. The molecule has 122 valence electrons. The molecule has 0 aliphatic heterocycles. The van der Waals surface area contributed by atoms with Crippen LogP contribution >= 0.6 is 11.6 Å². The van der Waals surface area contributed by atoms with Crippen LogP contribution in [-0.2, 0) is 21.2 Å². The summed E-state index contributed by atoms with van der Waals surface area (Å²) in [4.78, 5) is 11.7. The topological polar surface area (TPSA) is 109 Å². The van der Waals surface area contributed by atoms with Gasteiger partial charge in [0.25, 0.3) is 0 Å². The highest BCUT2D eigenvalue weighted by molar-refractivity contribution is 7.89. The van der Waals surface area contributed by atoms with Crippen LogP contribution < -0.4 is 10.5 Å². The SMILES string of the molecule is NS(=O)(=O)c1ccc(O)c(NC(=O)Cc2c(F)cccc2Cl)c1. The zero-order valence-electron chi connectivity index (χ0n) is 11.6. The van der Waals surface area contributed by atoms with E-state index < -0.39 is 21.7 Å². The fourth-order valence-corrected chi connectivity index (χ4v) is 2.62. The number of primary sulfonamides is 1. The van der Waals surface area contributed by atoms with Crippen molar-refractivity contribution in [3.05, 3.63) is 52.8 Å². The quantitative estimate of drug-likeness (QED) is 0.726. The summed E-state index contributed by atoms with van der Waals surface area (Å²) in [7, 11) is -3.99. The van der Waals surface area contributed by atoms with Gasteiger partial charge in [-0.3, -0.25) is 4.79 Å². The molecule has 6 nitrogen and oxygen atoms in total. The van der Waals surface area contributed by atoms with Crippen LogP contribution in [0.3, 0.4) is 0 Å². The van der Waals surface area contributed by atoms with Crippen molar-refractivity contribution < 1.29 is 22.7 Å². The van der Waals surface area contributed by atoms with Gasteiger partial charge in [0.2, 0.25) is 15.9 Å². The van der Waals surface area contributed by atoms with Gasteiger partial charge in [0.05, 0.1) is 17.0 Å². The predicted molar refractivity (Wildman–Crippen MR) is 83.2 cm³/mol. The van der Waals surface area contributed by atoms with E-state index in [4.69, 9.17) is 16.7 Å². The molecule has 0 saturated heterocycles. The Kier molecular flexibility index (Phi) is 4.88. The number of carbonyl (C=O) groups is 1. The van der Waals surface area contributed by atoms with Gasteiger partial charge in [-0.05, 0) is 30.3 Å². The van der Waals surface area contributed by atoms with Gasteiger partial charge in [-0.15, -0.1) is 0 Å². The van der Waals surface area contributed by atoms with Gasteiger partial charge in [-0.1, -0.05) is 17.7 Å². The second kappa shape index (κ2) is 6.53. The standard InChI is InChI=1S/C14H12ClFN2O4S/c15-10-2-1-3-11(16)9(10)7-14(20)18-12-6-8(23(17,21)22)4-5-13(12)19/h1-6,19H,7H2,(H,18,20)(H2,17,21,22). The van der Waals surface area contributed by atoms with E-state index in [1.54, 1.807) is 0 Å². The van der Waals surface area contributed by atoms with Gasteiger partial charge in [0.15, 0.2) is 0 Å². The number of sulfonamides is 1. The molecule has 2 aromatic rings. The van der Waals surface area contributed by atoms with Crippen LogP contribution in [0.4, 0.5) is 10.1 Å². The van der Waals surface area contributed by atoms with Gasteiger partial charge in [-0.2, -0.15) is 0 Å². The number of phenols is 1. The second-order valence-corrected chi connectivity index (χ2v) is 6.62. The summed E-state index contributed by atoms with van der Waals surface area (Å²) >= 11 is 5.83. The van der Waals surface area contributed by atoms with Gasteiger partial charge in [0.1, 0.15) is 11.6 Å². The largest absolute Gasteiger partial charge is 0.506 e. The van der Waals surface area contributed by atoms with Crippen molar-refractivity contribution in [1.29, 1.82) is 0 Å². The summed E-state index contributed by atoms with van der Waals surface area (Å²) < 4.78 is 36.2. The molecule has 0 unspecified atom stereocenters. The molecule has 2 rings (SSSR count). The van der Waals surface area contributed by atoms with Crippen LogP contribution in [0, 0.1) is 5.82 Å². The first-order valence-electron chi connectivity index (χ1n) is 6.27. The third-order valence-corrected chi connectivity index (χ3v) is 4.23. The van der Waals surface area contributed by atoms with E-state index in [2.05, 4.69) is 5.32 Å². The molecule has 0 aliphatic carbocycles. The summed E-state index contributed by atoms with van der Waals surface area (Å²) in [5.74, 6) is -1.68. The Hall–Kier alpha value is -2.16. The van der Waals surface area contributed by atoms with Crippen LogP contribution in [0.1, 0.15) is 5.56 Å². The van der Waals surface area contributed by atoms with Crippen molar-refractivity contribution in [2.75, 3.05) is 5.32 Å². The summed E-state index contributed by atoms with van der Waals surface area (Å²) in [5.41, 5.74) is -0.164. The van der Waals surface area contributed by atoms with Crippen LogP contribution in [0.15, 0.2) is 41.3 Å². The summed E-state index contributed by atoms with van der Waals surface area (Å²) in [5, 5.41) is 17.0. The summed E-state index contributed by atoms with van der Waals surface area (Å²) in [6.45, 7) is 0. The first kappa shape index (κ1) is 17.2. The molecule has 0 saturated carbocycles. The smallest absolute Gasteiger partial charge is 0.238 e. The lowest BCUT2D eigenvalue weighted by atomic mass is 10.1. The number of phenolic OH excluding ortho intramolecular Hbond substituents is 1. The van der Waals surface area contributed by atoms with Crippen molar-refractivity contribution in [2.45, 2.75) is 11.3 Å². The molecule has 1 amide bonds. The lowest BCUT2D eigenvalue weighted by Crippen LogP contribution is -2.17. The molecular weight excluding hydrogens is 347 g/mol. The molecule has 9 heteroatoms. The molecule has 0 aliphatic rings. The molecule has 23 heavy (non-hydrogen) atoms. The van der Waals surface area contributed by atoms with E-state index in [0.717, 1.165) is 24.3 Å². The third-order valence-electron chi connectivity index (χ3n) is 2.97. The van der Waals surface area contributed by atoms with Gasteiger partial charge in [-0.25, -0.2) is 17.9 Å². The van der Waals surface area contributed by atoms with Crippen molar-refractivity contribution in [3.8, 4) is 5.75 Å².